The average molecular weight is 388 g/mol. The quantitative estimate of drug-likeness (QED) is 0.582. The Morgan fingerprint density at radius 3 is 2.19 bits per heavy atom. The summed E-state index contributed by atoms with van der Waals surface area (Å²) in [5.74, 6) is -0.752. The van der Waals surface area contributed by atoms with E-state index in [2.05, 4.69) is 16.6 Å². The summed E-state index contributed by atoms with van der Waals surface area (Å²) in [5.41, 5.74) is 1.20. The van der Waals surface area contributed by atoms with Gasteiger partial charge in [0.25, 0.3) is 10.0 Å². The Balaban J connectivity index is 2.37. The second-order valence-corrected chi connectivity index (χ2v) is 7.43. The van der Waals surface area contributed by atoms with Gasteiger partial charge in [0, 0.05) is 12.6 Å². The molecule has 0 aliphatic heterocycles. The number of sulfonamides is 1. The fourth-order valence-corrected chi connectivity index (χ4v) is 3.82. The number of methoxy groups -OCH3 is 1. The number of amides is 1. The topological polar surface area (TPSA) is 92.8 Å². The summed E-state index contributed by atoms with van der Waals surface area (Å²) in [6.07, 6.45) is 1.47. The van der Waals surface area contributed by atoms with Crippen LogP contribution in [0, 0.1) is 0 Å². The summed E-state index contributed by atoms with van der Waals surface area (Å²) in [6, 6.07) is 11.9. The smallest absolute Gasteiger partial charge is 0.337 e. The number of rotatable bonds is 7. The number of nitrogens with one attached hydrogen (secondary N) is 1. The molecule has 7 nitrogen and oxygen atoms in total. The molecule has 0 aliphatic carbocycles. The molecule has 0 unspecified atom stereocenters. The largest absolute Gasteiger partial charge is 0.465 e. The van der Waals surface area contributed by atoms with Crippen molar-refractivity contribution in [3.8, 4) is 0 Å². The maximum absolute atomic E-state index is 13.0. The first-order valence-electron chi connectivity index (χ1n) is 7.99. The number of nitrogens with zero attached hydrogens (tertiary/aromatic N) is 1. The summed E-state index contributed by atoms with van der Waals surface area (Å²) in [4.78, 5) is 22.7. The van der Waals surface area contributed by atoms with Gasteiger partial charge in [-0.1, -0.05) is 6.08 Å². The standard InChI is InChI=1S/C19H20N2O5S/c1-4-13-21(17-9-5-15(6-10-17)19(23)26-3)27(24,25)18-11-7-16(8-12-18)20-14(2)22/h4-12H,1,13H2,2-3H3,(H,20,22). The molecule has 1 N–H and O–H groups in total. The molecule has 0 radical (unpaired) electrons. The number of hydrogen-bond donors (Lipinski definition) is 1. The van der Waals surface area contributed by atoms with Crippen LogP contribution in [0.4, 0.5) is 11.4 Å². The Labute approximate surface area is 158 Å². The van der Waals surface area contributed by atoms with Gasteiger partial charge in [-0.05, 0) is 48.5 Å². The molecule has 0 saturated carbocycles. The second kappa shape index (κ2) is 8.50. The van der Waals surface area contributed by atoms with Crippen LogP contribution in [0.2, 0.25) is 0 Å². The molecule has 2 rings (SSSR count). The number of carbonyl (C=O) groups excluding carboxylic acids is 2. The molecule has 0 aromatic heterocycles. The molecule has 142 valence electrons. The van der Waals surface area contributed by atoms with Crippen LogP contribution >= 0.6 is 0 Å². The summed E-state index contributed by atoms with van der Waals surface area (Å²) in [6.45, 7) is 5.03. The van der Waals surface area contributed by atoms with E-state index in [1.54, 1.807) is 0 Å². The van der Waals surface area contributed by atoms with Gasteiger partial charge < -0.3 is 10.1 Å². The van der Waals surface area contributed by atoms with Crippen LogP contribution in [0.25, 0.3) is 0 Å². The van der Waals surface area contributed by atoms with Crippen LogP contribution in [-0.2, 0) is 19.6 Å². The lowest BCUT2D eigenvalue weighted by Gasteiger charge is -2.23. The molecule has 1 amide bonds. The van der Waals surface area contributed by atoms with Crippen LogP contribution in [0.1, 0.15) is 17.3 Å². The lowest BCUT2D eigenvalue weighted by Crippen LogP contribution is -2.31. The van der Waals surface area contributed by atoms with Crippen molar-refractivity contribution in [1.82, 2.24) is 0 Å². The number of carbonyl (C=O) groups is 2. The van der Waals surface area contributed by atoms with Crippen LogP contribution in [-0.4, -0.2) is 33.9 Å². The van der Waals surface area contributed by atoms with Gasteiger partial charge in [-0.2, -0.15) is 0 Å². The number of hydrogen-bond acceptors (Lipinski definition) is 5. The first-order valence-corrected chi connectivity index (χ1v) is 9.43. The highest BCUT2D eigenvalue weighted by molar-refractivity contribution is 7.92. The van der Waals surface area contributed by atoms with Gasteiger partial charge in [-0.3, -0.25) is 9.10 Å². The van der Waals surface area contributed by atoms with E-state index in [-0.39, 0.29) is 17.3 Å². The SMILES string of the molecule is C=CCN(c1ccc(C(=O)OC)cc1)S(=O)(=O)c1ccc(NC(C)=O)cc1. The highest BCUT2D eigenvalue weighted by Gasteiger charge is 2.24. The Morgan fingerprint density at radius 1 is 1.11 bits per heavy atom. The highest BCUT2D eigenvalue weighted by Crippen LogP contribution is 2.25. The van der Waals surface area contributed by atoms with Crippen molar-refractivity contribution >= 4 is 33.3 Å². The maximum Gasteiger partial charge on any atom is 0.337 e. The third-order valence-corrected chi connectivity index (χ3v) is 5.44. The number of anilines is 2. The van der Waals surface area contributed by atoms with E-state index in [4.69, 9.17) is 0 Å². The maximum atomic E-state index is 13.0. The van der Waals surface area contributed by atoms with E-state index < -0.39 is 16.0 Å². The molecule has 8 heteroatoms. The van der Waals surface area contributed by atoms with E-state index in [1.165, 1.54) is 72.9 Å². The van der Waals surface area contributed by atoms with Crippen molar-refractivity contribution in [2.24, 2.45) is 0 Å². The third-order valence-electron chi connectivity index (χ3n) is 3.63. The normalized spacial score (nSPS) is 10.7. The van der Waals surface area contributed by atoms with Gasteiger partial charge in [0.1, 0.15) is 0 Å². The third kappa shape index (κ3) is 4.73. The first kappa shape index (κ1) is 20.2. The van der Waals surface area contributed by atoms with Crippen molar-refractivity contribution in [3.63, 3.8) is 0 Å². The summed E-state index contributed by atoms with van der Waals surface area (Å²) >= 11 is 0. The molecule has 2 aromatic carbocycles. The molecule has 2 aromatic rings. The van der Waals surface area contributed by atoms with Crippen LogP contribution in [0.3, 0.4) is 0 Å². The fraction of sp³-hybridized carbons (Fsp3) is 0.158. The monoisotopic (exact) mass is 388 g/mol. The Morgan fingerprint density at radius 2 is 1.70 bits per heavy atom. The van der Waals surface area contributed by atoms with Crippen LogP contribution in [0.15, 0.2) is 66.1 Å². The lowest BCUT2D eigenvalue weighted by atomic mass is 10.2. The number of benzene rings is 2. The van der Waals surface area contributed by atoms with E-state index in [9.17, 15) is 18.0 Å². The predicted molar refractivity (Wildman–Crippen MR) is 103 cm³/mol. The van der Waals surface area contributed by atoms with Gasteiger partial charge in [0.05, 0.1) is 29.8 Å². The first-order chi connectivity index (χ1) is 12.8. The molecule has 0 bridgehead atoms. The van der Waals surface area contributed by atoms with Crippen molar-refractivity contribution in [2.45, 2.75) is 11.8 Å². The number of ether oxygens (including phenoxy) is 1. The van der Waals surface area contributed by atoms with Gasteiger partial charge in [0.2, 0.25) is 5.91 Å². The molecule has 0 heterocycles. The van der Waals surface area contributed by atoms with Gasteiger partial charge in [-0.15, -0.1) is 6.58 Å². The minimum absolute atomic E-state index is 0.0490. The minimum Gasteiger partial charge on any atom is -0.465 e. The zero-order valence-corrected chi connectivity index (χ0v) is 15.8. The number of esters is 1. The van der Waals surface area contributed by atoms with Gasteiger partial charge >= 0.3 is 5.97 Å². The molecule has 0 aliphatic rings. The summed E-state index contributed by atoms with van der Waals surface area (Å²) < 4.78 is 31.9. The highest BCUT2D eigenvalue weighted by atomic mass is 32.2. The fourth-order valence-electron chi connectivity index (χ4n) is 2.38. The molecule has 0 atom stereocenters. The lowest BCUT2D eigenvalue weighted by molar-refractivity contribution is -0.114. The van der Waals surface area contributed by atoms with E-state index >= 15 is 0 Å². The van der Waals surface area contributed by atoms with E-state index in [0.717, 1.165) is 0 Å². The molecule has 27 heavy (non-hydrogen) atoms. The van der Waals surface area contributed by atoms with E-state index in [0.29, 0.717) is 16.9 Å². The molecule has 0 fully saturated rings. The van der Waals surface area contributed by atoms with Crippen molar-refractivity contribution in [1.29, 1.82) is 0 Å². The summed E-state index contributed by atoms with van der Waals surface area (Å²) in [7, 11) is -2.59. The second-order valence-electron chi connectivity index (χ2n) is 5.57. The Kier molecular flexibility index (Phi) is 6.36. The average Bonchev–Trinajstić information content (AvgIpc) is 2.65. The zero-order valence-electron chi connectivity index (χ0n) is 15.0. The molecular weight excluding hydrogens is 368 g/mol. The Bertz CT molecular complexity index is 935. The predicted octanol–water partition coefficient (Wildman–Crippen LogP) is 2.81. The van der Waals surface area contributed by atoms with Crippen LogP contribution < -0.4 is 9.62 Å². The van der Waals surface area contributed by atoms with Gasteiger partial charge in [0.15, 0.2) is 0 Å². The minimum atomic E-state index is -3.87. The van der Waals surface area contributed by atoms with Crippen molar-refractivity contribution in [2.75, 3.05) is 23.3 Å². The van der Waals surface area contributed by atoms with Crippen molar-refractivity contribution < 1.29 is 22.7 Å². The molecule has 0 saturated heterocycles. The Hall–Kier alpha value is -3.13. The molecular formula is C19H20N2O5S. The van der Waals surface area contributed by atoms with E-state index in [1.807, 2.05) is 0 Å². The molecule has 0 spiro atoms. The van der Waals surface area contributed by atoms with Crippen LogP contribution in [0.5, 0.6) is 0 Å². The summed E-state index contributed by atoms with van der Waals surface area (Å²) in [5, 5.41) is 2.58. The van der Waals surface area contributed by atoms with Crippen molar-refractivity contribution in [3.05, 3.63) is 66.7 Å². The zero-order chi connectivity index (χ0) is 20.0. The van der Waals surface area contributed by atoms with Gasteiger partial charge in [-0.25, -0.2) is 13.2 Å².